The summed E-state index contributed by atoms with van der Waals surface area (Å²) in [5.41, 5.74) is 12.4. The van der Waals surface area contributed by atoms with Gasteiger partial charge in [-0.1, -0.05) is 133 Å². The molecule has 0 fully saturated rings. The topological polar surface area (TPSA) is 176 Å². The van der Waals surface area contributed by atoms with Gasteiger partial charge >= 0.3 is 0 Å². The normalized spacial score (nSPS) is 10.2. The van der Waals surface area contributed by atoms with E-state index in [0.717, 1.165) is 66.6 Å². The third kappa shape index (κ3) is 29.9. The summed E-state index contributed by atoms with van der Waals surface area (Å²) in [5.74, 6) is -0.187. The van der Waals surface area contributed by atoms with Crippen LogP contribution in [0, 0.1) is 37.3 Å². The Morgan fingerprint density at radius 2 is 0.755 bits per heavy atom. The molecule has 9 aromatic carbocycles. The number of allylic oxidation sites excluding steroid dienone is 6. The SMILES string of the molecule is CC(=O)C=C(C)O.CC(=O)C=C(C)O.CC(=O)C=C(C)O.Cc1cc2ccccc2nc1-c1[c-]cccc1.[Ir].[Ir].[Ir].[Ir].[Ir].[c-]1c(-c2ccccn2)sc2ccccc12.[c-]1ccccc1-c1ccc2ccccc2n1.[c-]1ccccc1-c1nccc2ccccc12.[c-]1ccccc1-c1nccc2ccccc12. The van der Waals surface area contributed by atoms with Crippen molar-refractivity contribution in [3.8, 4) is 55.6 Å². The van der Waals surface area contributed by atoms with Gasteiger partial charge in [0.1, 0.15) is 0 Å². The number of carbonyl (C=O) groups excluding carboxylic acids is 3. The molecule has 0 saturated carbocycles. The van der Waals surface area contributed by atoms with Gasteiger partial charge in [0.25, 0.3) is 0 Å². The third-order valence-corrected chi connectivity index (χ3v) is 15.3. The van der Waals surface area contributed by atoms with E-state index in [2.05, 4.69) is 124 Å². The van der Waals surface area contributed by atoms with Crippen LogP contribution in [0.1, 0.15) is 47.1 Å². The summed E-state index contributed by atoms with van der Waals surface area (Å²) >= 11 is 1.73. The van der Waals surface area contributed by atoms with Crippen LogP contribution in [0.5, 0.6) is 0 Å². The quantitative estimate of drug-likeness (QED) is 0.0750. The Labute approximate surface area is 691 Å². The Morgan fingerprint density at radius 3 is 1.18 bits per heavy atom. The largest absolute Gasteiger partial charge is 0.512 e. The van der Waals surface area contributed by atoms with Crippen LogP contribution in [0.25, 0.3) is 109 Å². The molecule has 3 N–H and O–H groups in total. The number of carbonyl (C=O) groups is 3. The standard InChI is InChI=1S/C16H12N.3C15H10N.C13H8NS.3C5H8O2.5Ir/c1-12-11-14-9-5-6-10-15(14)17-16(12)13-7-3-2-4-8-13;2*1-2-7-13(8-3-1)15-14-9-5-4-6-12(14)10-11-16-15;1-2-6-12(7-3-1)15-11-10-13-8-4-5-9-14(13)16-15;1-2-7-12-10(5-1)9-13(15-12)11-6-3-4-8-14-11;3*1-4(6)3-5(2)7;;;;;/h2-7,9-11H,1H3;2*1-7,9-11H;1-6,8-11H;1-8H;3*3,6H,1-2H3;;;;;/q5*-1;;;;;;;;. The van der Waals surface area contributed by atoms with E-state index in [0.29, 0.717) is 0 Å². The van der Waals surface area contributed by atoms with Gasteiger partial charge < -0.3 is 30.3 Å². The number of ketones is 3. The Balaban J connectivity index is 0.000000319. The zero-order chi connectivity index (χ0) is 71.7. The van der Waals surface area contributed by atoms with E-state index in [1.165, 1.54) is 108 Å². The Kier molecular flexibility index (Phi) is 41.7. The predicted molar refractivity (Wildman–Crippen MR) is 414 cm³/mol. The Morgan fingerprint density at radius 1 is 0.358 bits per heavy atom. The molecule has 0 amide bonds. The van der Waals surface area contributed by atoms with Crippen molar-refractivity contribution in [1.82, 2.24) is 24.9 Å². The second-order valence-electron chi connectivity index (χ2n) is 22.6. The van der Waals surface area contributed by atoms with Crippen LogP contribution >= 0.6 is 11.3 Å². The second kappa shape index (κ2) is 48.7. The van der Waals surface area contributed by atoms with Gasteiger partial charge in [-0.15, -0.1) is 167 Å². The maximum atomic E-state index is 10.0. The zero-order valence-electron chi connectivity index (χ0n) is 58.7. The Bertz CT molecular complexity index is 5020. The van der Waals surface area contributed by atoms with Crippen LogP contribution in [0.3, 0.4) is 0 Å². The fourth-order valence-corrected chi connectivity index (χ4v) is 10.9. The maximum absolute atomic E-state index is 10.0. The molecule has 11 nitrogen and oxygen atoms in total. The van der Waals surface area contributed by atoms with Crippen LogP contribution < -0.4 is 0 Å². The predicted octanol–water partition coefficient (Wildman–Crippen LogP) is 22.0. The minimum absolute atomic E-state index is 0. The molecular formula is C89H74Ir5N5O6S-5. The number of fused-ring (bicyclic) bond motifs is 5. The molecule has 0 aliphatic carbocycles. The summed E-state index contributed by atoms with van der Waals surface area (Å²) in [6, 6.07) is 105. The van der Waals surface area contributed by atoms with E-state index < -0.39 is 0 Å². The smallest absolute Gasteiger partial charge is 0.155 e. The van der Waals surface area contributed by atoms with Crippen molar-refractivity contribution in [2.45, 2.75) is 48.5 Å². The van der Waals surface area contributed by atoms with Gasteiger partial charge in [0.05, 0.1) is 28.3 Å². The van der Waals surface area contributed by atoms with E-state index in [1.54, 1.807) is 11.3 Å². The van der Waals surface area contributed by atoms with E-state index in [9.17, 15) is 14.4 Å². The third-order valence-electron chi connectivity index (χ3n) is 14.2. The summed E-state index contributed by atoms with van der Waals surface area (Å²) in [6.45, 7) is 10.6. The van der Waals surface area contributed by atoms with Gasteiger partial charge in [-0.2, -0.15) is 0 Å². The van der Waals surface area contributed by atoms with Gasteiger partial charge in [0.15, 0.2) is 17.3 Å². The van der Waals surface area contributed by atoms with Gasteiger partial charge in [-0.3, -0.25) is 24.4 Å². The maximum Gasteiger partial charge on any atom is 0.155 e. The van der Waals surface area contributed by atoms with Crippen molar-refractivity contribution in [1.29, 1.82) is 0 Å². The first kappa shape index (κ1) is 90.8. The van der Waals surface area contributed by atoms with Gasteiger partial charge in [-0.05, 0) is 143 Å². The molecule has 15 aromatic rings. The monoisotopic (exact) mass is 2310 g/mol. The molecule has 5 radical (unpaired) electrons. The molecule has 0 saturated heterocycles. The number of benzene rings is 9. The number of aromatic nitrogens is 5. The van der Waals surface area contributed by atoms with Gasteiger partial charge in [0.2, 0.25) is 0 Å². The fourth-order valence-electron chi connectivity index (χ4n) is 9.97. The number of thiophene rings is 1. The molecule has 0 spiro atoms. The molecule has 0 aliphatic heterocycles. The number of hydrogen-bond acceptors (Lipinski definition) is 12. The summed E-state index contributed by atoms with van der Waals surface area (Å²) in [7, 11) is 0. The summed E-state index contributed by atoms with van der Waals surface area (Å²) in [6.07, 6.45) is 9.00. The van der Waals surface area contributed by atoms with Crippen molar-refractivity contribution in [3.05, 3.63) is 357 Å². The molecule has 0 aliphatic rings. The molecule has 106 heavy (non-hydrogen) atoms. The molecule has 0 unspecified atom stereocenters. The summed E-state index contributed by atoms with van der Waals surface area (Å²) in [4.78, 5) is 53.7. The average Bonchev–Trinajstić information content (AvgIpc) is 1.34. The van der Waals surface area contributed by atoms with Crippen molar-refractivity contribution in [3.63, 3.8) is 0 Å². The van der Waals surface area contributed by atoms with Crippen molar-refractivity contribution < 1.29 is 130 Å². The van der Waals surface area contributed by atoms with Crippen molar-refractivity contribution in [2.24, 2.45) is 0 Å². The molecule has 0 atom stereocenters. The number of aliphatic hydroxyl groups excluding tert-OH is 3. The van der Waals surface area contributed by atoms with Crippen molar-refractivity contribution >= 4 is 82.1 Å². The van der Waals surface area contributed by atoms with Crippen LogP contribution in [0.4, 0.5) is 0 Å². The molecule has 6 heterocycles. The fraction of sp³-hybridized carbons (Fsp3) is 0.0787. The van der Waals surface area contributed by atoms with Gasteiger partial charge in [0, 0.05) is 143 Å². The average molecular weight is 2300 g/mol. The first-order valence-corrected chi connectivity index (χ1v) is 33.0. The first-order valence-electron chi connectivity index (χ1n) is 32.2. The number of para-hydroxylation sites is 2. The summed E-state index contributed by atoms with van der Waals surface area (Å²) < 4.78 is 1.26. The first-order chi connectivity index (χ1) is 49.0. The van der Waals surface area contributed by atoms with E-state index in [-0.39, 0.29) is 135 Å². The number of nitrogens with zero attached hydrogens (tertiary/aromatic N) is 5. The minimum atomic E-state index is -0.125. The molecular weight excluding hydrogens is 2230 g/mol. The number of pyridine rings is 5. The second-order valence-corrected chi connectivity index (χ2v) is 23.6. The number of aryl methyl sites for hydroxylation is 1. The van der Waals surface area contributed by atoms with Crippen molar-refractivity contribution in [2.75, 3.05) is 0 Å². The van der Waals surface area contributed by atoms with Crippen LogP contribution in [0.2, 0.25) is 0 Å². The zero-order valence-corrected chi connectivity index (χ0v) is 71.5. The number of hydrogen-bond donors (Lipinski definition) is 3. The minimum Gasteiger partial charge on any atom is -0.512 e. The molecule has 547 valence electrons. The molecule has 6 aromatic heterocycles. The van der Waals surface area contributed by atoms with E-state index in [1.807, 2.05) is 219 Å². The summed E-state index contributed by atoms with van der Waals surface area (Å²) in [5, 5.41) is 33.4. The Hall–Kier alpha value is -9.39. The van der Waals surface area contributed by atoms with E-state index in [4.69, 9.17) is 20.3 Å². The van der Waals surface area contributed by atoms with Crippen LogP contribution in [0.15, 0.2) is 321 Å². The van der Waals surface area contributed by atoms with Crippen LogP contribution in [-0.4, -0.2) is 57.6 Å². The van der Waals surface area contributed by atoms with Crippen LogP contribution in [-0.2, 0) is 115 Å². The van der Waals surface area contributed by atoms with E-state index >= 15 is 0 Å². The van der Waals surface area contributed by atoms with Gasteiger partial charge in [-0.25, -0.2) is 11.3 Å². The number of rotatable bonds is 8. The molecule has 0 bridgehead atoms. The molecule has 15 rings (SSSR count). The molecule has 17 heteroatoms. The number of aliphatic hydroxyl groups is 3.